The number of rotatable bonds is 4. The number of fused-ring (bicyclic) bond motifs is 1. The molecule has 0 amide bonds. The predicted molar refractivity (Wildman–Crippen MR) is 99.6 cm³/mol. The van der Waals surface area contributed by atoms with Crippen molar-refractivity contribution >= 4 is 5.97 Å². The van der Waals surface area contributed by atoms with Gasteiger partial charge in [0.15, 0.2) is 17.6 Å². The highest BCUT2D eigenvalue weighted by molar-refractivity contribution is 5.75. The average molecular weight is 362 g/mol. The average Bonchev–Trinajstić information content (AvgIpc) is 2.67. The van der Waals surface area contributed by atoms with Crippen molar-refractivity contribution in [2.45, 2.75) is 19.1 Å². The third-order valence-electron chi connectivity index (χ3n) is 4.31. The van der Waals surface area contributed by atoms with Crippen molar-refractivity contribution in [2.75, 3.05) is 0 Å². The molecular weight excluding hydrogens is 344 g/mol. The Bertz CT molecular complexity index is 964. The standard InChI is InChI=1S/C22H18O5/c1-14-5-4-6-17(13-14)25-16-11-9-15(10-12-16)20-21(22(23)24)27-19-8-3-2-7-18(19)26-20/h2-13,20-21H,1H3,(H,23,24). The van der Waals surface area contributed by atoms with Crippen LogP contribution in [0, 0.1) is 6.92 Å². The molecule has 5 nitrogen and oxygen atoms in total. The first-order chi connectivity index (χ1) is 13.1. The molecule has 0 aliphatic carbocycles. The van der Waals surface area contributed by atoms with Gasteiger partial charge in [0.25, 0.3) is 0 Å². The molecule has 0 bridgehead atoms. The van der Waals surface area contributed by atoms with Crippen LogP contribution in [0.1, 0.15) is 17.2 Å². The van der Waals surface area contributed by atoms with Gasteiger partial charge in [-0.1, -0.05) is 36.4 Å². The Kier molecular flexibility index (Phi) is 4.42. The van der Waals surface area contributed by atoms with E-state index in [9.17, 15) is 9.90 Å². The number of hydrogen-bond donors (Lipinski definition) is 1. The third-order valence-corrected chi connectivity index (χ3v) is 4.31. The van der Waals surface area contributed by atoms with Crippen molar-refractivity contribution in [3.8, 4) is 23.0 Å². The summed E-state index contributed by atoms with van der Waals surface area (Å²) in [5.41, 5.74) is 1.81. The lowest BCUT2D eigenvalue weighted by molar-refractivity contribution is -0.151. The SMILES string of the molecule is Cc1cccc(Oc2ccc(C3Oc4ccccc4OC3C(=O)O)cc2)c1. The molecule has 0 spiro atoms. The summed E-state index contributed by atoms with van der Waals surface area (Å²) in [5.74, 6) is 1.29. The number of carboxylic acids is 1. The maximum absolute atomic E-state index is 11.7. The minimum atomic E-state index is -1.12. The first-order valence-electron chi connectivity index (χ1n) is 8.60. The Labute approximate surface area is 156 Å². The van der Waals surface area contributed by atoms with Crippen molar-refractivity contribution in [1.82, 2.24) is 0 Å². The van der Waals surface area contributed by atoms with E-state index >= 15 is 0 Å². The number of carbonyl (C=O) groups is 1. The fourth-order valence-corrected chi connectivity index (χ4v) is 3.01. The van der Waals surface area contributed by atoms with Crippen molar-refractivity contribution in [3.05, 3.63) is 83.9 Å². The van der Waals surface area contributed by atoms with Gasteiger partial charge in [0, 0.05) is 0 Å². The van der Waals surface area contributed by atoms with Crippen LogP contribution in [0.4, 0.5) is 0 Å². The molecule has 0 fully saturated rings. The van der Waals surface area contributed by atoms with Crippen LogP contribution in [-0.2, 0) is 4.79 Å². The Balaban J connectivity index is 1.58. The molecule has 2 atom stereocenters. The normalized spacial score (nSPS) is 18.0. The van der Waals surface area contributed by atoms with Crippen molar-refractivity contribution < 1.29 is 24.1 Å². The van der Waals surface area contributed by atoms with Crippen LogP contribution in [0.15, 0.2) is 72.8 Å². The zero-order valence-electron chi connectivity index (χ0n) is 14.7. The first-order valence-corrected chi connectivity index (χ1v) is 8.60. The smallest absolute Gasteiger partial charge is 0.349 e. The second-order valence-electron chi connectivity index (χ2n) is 6.35. The number of benzene rings is 3. The van der Waals surface area contributed by atoms with Gasteiger partial charge in [-0.15, -0.1) is 0 Å². The largest absolute Gasteiger partial charge is 0.478 e. The van der Waals surface area contributed by atoms with Gasteiger partial charge in [0.1, 0.15) is 11.5 Å². The summed E-state index contributed by atoms with van der Waals surface area (Å²) in [6.07, 6.45) is -1.87. The van der Waals surface area contributed by atoms with Crippen molar-refractivity contribution in [3.63, 3.8) is 0 Å². The highest BCUT2D eigenvalue weighted by atomic mass is 16.6. The Morgan fingerprint density at radius 2 is 1.59 bits per heavy atom. The molecule has 136 valence electrons. The molecule has 1 aliphatic rings. The molecule has 4 rings (SSSR count). The van der Waals surface area contributed by atoms with Crippen LogP contribution in [0.25, 0.3) is 0 Å². The molecule has 0 radical (unpaired) electrons. The van der Waals surface area contributed by atoms with E-state index in [0.29, 0.717) is 22.8 Å². The monoisotopic (exact) mass is 362 g/mol. The van der Waals surface area contributed by atoms with Crippen LogP contribution >= 0.6 is 0 Å². The Morgan fingerprint density at radius 3 is 2.26 bits per heavy atom. The predicted octanol–water partition coefficient (Wildman–Crippen LogP) is 4.75. The van der Waals surface area contributed by atoms with Crippen LogP contribution in [-0.4, -0.2) is 17.2 Å². The molecule has 2 unspecified atom stereocenters. The summed E-state index contributed by atoms with van der Waals surface area (Å²) in [4.78, 5) is 11.7. The summed E-state index contributed by atoms with van der Waals surface area (Å²) >= 11 is 0. The van der Waals surface area contributed by atoms with Crippen LogP contribution in [0.3, 0.4) is 0 Å². The highest BCUT2D eigenvalue weighted by Gasteiger charge is 2.38. The lowest BCUT2D eigenvalue weighted by Crippen LogP contribution is -2.39. The van der Waals surface area contributed by atoms with Gasteiger partial charge >= 0.3 is 5.97 Å². The Morgan fingerprint density at radius 1 is 0.889 bits per heavy atom. The van der Waals surface area contributed by atoms with Crippen LogP contribution in [0.5, 0.6) is 23.0 Å². The molecule has 0 saturated carbocycles. The minimum absolute atomic E-state index is 0.431. The number of ether oxygens (including phenoxy) is 3. The lowest BCUT2D eigenvalue weighted by atomic mass is 10.0. The van der Waals surface area contributed by atoms with Crippen molar-refractivity contribution in [1.29, 1.82) is 0 Å². The van der Waals surface area contributed by atoms with Crippen LogP contribution < -0.4 is 14.2 Å². The maximum atomic E-state index is 11.7. The number of aryl methyl sites for hydroxylation is 1. The first kappa shape index (κ1) is 17.0. The number of para-hydroxylation sites is 2. The molecule has 5 heteroatoms. The fraction of sp³-hybridized carbons (Fsp3) is 0.136. The zero-order chi connectivity index (χ0) is 18.8. The Hall–Kier alpha value is -3.47. The molecule has 0 saturated heterocycles. The van der Waals surface area contributed by atoms with E-state index in [2.05, 4.69) is 0 Å². The third kappa shape index (κ3) is 3.58. The van der Waals surface area contributed by atoms with Gasteiger partial charge in [0.2, 0.25) is 6.10 Å². The number of hydrogen-bond acceptors (Lipinski definition) is 4. The van der Waals surface area contributed by atoms with E-state index in [1.807, 2.05) is 37.3 Å². The zero-order valence-corrected chi connectivity index (χ0v) is 14.7. The van der Waals surface area contributed by atoms with E-state index in [-0.39, 0.29) is 0 Å². The summed E-state index contributed by atoms with van der Waals surface area (Å²) in [5, 5.41) is 9.54. The molecular formula is C22H18O5. The fourth-order valence-electron chi connectivity index (χ4n) is 3.01. The number of aliphatic carboxylic acids is 1. The van der Waals surface area contributed by atoms with Gasteiger partial charge < -0.3 is 19.3 Å². The molecule has 27 heavy (non-hydrogen) atoms. The summed E-state index contributed by atoms with van der Waals surface area (Å²) in [6, 6.07) is 22.0. The van der Waals surface area contributed by atoms with Gasteiger partial charge in [0.05, 0.1) is 0 Å². The molecule has 0 aromatic heterocycles. The van der Waals surface area contributed by atoms with Gasteiger partial charge in [-0.25, -0.2) is 4.79 Å². The quantitative estimate of drug-likeness (QED) is 0.725. The summed E-state index contributed by atoms with van der Waals surface area (Å²) in [6.45, 7) is 2.00. The second kappa shape index (κ2) is 7.03. The molecule has 1 heterocycles. The van der Waals surface area contributed by atoms with E-state index in [4.69, 9.17) is 14.2 Å². The van der Waals surface area contributed by atoms with Crippen LogP contribution in [0.2, 0.25) is 0 Å². The van der Waals surface area contributed by atoms with E-state index in [0.717, 1.165) is 11.3 Å². The van der Waals surface area contributed by atoms with E-state index in [1.165, 1.54) is 0 Å². The van der Waals surface area contributed by atoms with Gasteiger partial charge in [-0.3, -0.25) is 0 Å². The molecule has 1 aliphatic heterocycles. The lowest BCUT2D eigenvalue weighted by Gasteiger charge is -2.31. The molecule has 3 aromatic carbocycles. The van der Waals surface area contributed by atoms with Gasteiger partial charge in [-0.2, -0.15) is 0 Å². The second-order valence-corrected chi connectivity index (χ2v) is 6.35. The summed E-state index contributed by atoms with van der Waals surface area (Å²) in [7, 11) is 0. The maximum Gasteiger partial charge on any atom is 0.349 e. The van der Waals surface area contributed by atoms with Gasteiger partial charge in [-0.05, 0) is 54.4 Å². The van der Waals surface area contributed by atoms with E-state index < -0.39 is 18.2 Å². The topological polar surface area (TPSA) is 65.0 Å². The molecule has 3 aromatic rings. The van der Waals surface area contributed by atoms with Crippen molar-refractivity contribution in [2.24, 2.45) is 0 Å². The molecule has 1 N–H and O–H groups in total. The van der Waals surface area contributed by atoms with E-state index in [1.54, 1.807) is 42.5 Å². The highest BCUT2D eigenvalue weighted by Crippen LogP contribution is 2.39. The minimum Gasteiger partial charge on any atom is -0.478 e. The number of carboxylic acid groups (broad SMARTS) is 1. The summed E-state index contributed by atoms with van der Waals surface area (Å²) < 4.78 is 17.4.